The number of aryl methyl sites for hydroxylation is 1. The van der Waals surface area contributed by atoms with Crippen molar-refractivity contribution < 1.29 is 4.74 Å². The van der Waals surface area contributed by atoms with E-state index in [1.807, 2.05) is 12.1 Å². The minimum Gasteiger partial charge on any atom is -0.493 e. The number of nitrogens with zero attached hydrogens (tertiary/aromatic N) is 5. The molecule has 1 unspecified atom stereocenters. The standard InChI is InChI=1S/C17H23N5O/c1-3-14(13-23-15-5-7-18-8-6-15)11-21(9-1)12-17-20-19-16-4-2-10-22(16)17/h5-8,14H,1-4,9-13H2. The number of fused-ring (bicyclic) bond motifs is 1. The molecule has 0 radical (unpaired) electrons. The molecule has 1 fully saturated rings. The fraction of sp³-hybridized carbons (Fsp3) is 0.588. The van der Waals surface area contributed by atoms with Crippen LogP contribution in [0.2, 0.25) is 0 Å². The van der Waals surface area contributed by atoms with Gasteiger partial charge in [0.2, 0.25) is 0 Å². The molecule has 2 aliphatic rings. The average Bonchev–Trinajstić information content (AvgIpc) is 3.20. The zero-order valence-electron chi connectivity index (χ0n) is 13.4. The molecule has 4 heterocycles. The maximum absolute atomic E-state index is 5.90. The summed E-state index contributed by atoms with van der Waals surface area (Å²) in [4.78, 5) is 6.52. The van der Waals surface area contributed by atoms with Gasteiger partial charge < -0.3 is 9.30 Å². The Labute approximate surface area is 136 Å². The van der Waals surface area contributed by atoms with Gasteiger partial charge in [-0.25, -0.2) is 0 Å². The summed E-state index contributed by atoms with van der Waals surface area (Å²) in [6.45, 7) is 5.00. The molecule has 1 saturated heterocycles. The van der Waals surface area contributed by atoms with Gasteiger partial charge in [-0.2, -0.15) is 0 Å². The Balaban J connectivity index is 1.32. The molecule has 0 bridgehead atoms. The van der Waals surface area contributed by atoms with Gasteiger partial charge in [-0.1, -0.05) is 0 Å². The summed E-state index contributed by atoms with van der Waals surface area (Å²) in [5, 5.41) is 8.70. The summed E-state index contributed by atoms with van der Waals surface area (Å²) in [5.41, 5.74) is 0. The van der Waals surface area contributed by atoms with Gasteiger partial charge in [-0.3, -0.25) is 9.88 Å². The summed E-state index contributed by atoms with van der Waals surface area (Å²) in [6, 6.07) is 3.83. The minimum atomic E-state index is 0.581. The Morgan fingerprint density at radius 2 is 2.04 bits per heavy atom. The molecule has 0 aliphatic carbocycles. The van der Waals surface area contributed by atoms with Crippen molar-refractivity contribution in [2.45, 2.75) is 38.8 Å². The first kappa shape index (κ1) is 14.6. The highest BCUT2D eigenvalue weighted by molar-refractivity contribution is 5.16. The fourth-order valence-corrected chi connectivity index (χ4v) is 3.61. The van der Waals surface area contributed by atoms with E-state index in [1.54, 1.807) is 12.4 Å². The number of hydrogen-bond acceptors (Lipinski definition) is 5. The van der Waals surface area contributed by atoms with Crippen LogP contribution in [0.15, 0.2) is 24.5 Å². The van der Waals surface area contributed by atoms with Crippen LogP contribution in [-0.4, -0.2) is 44.3 Å². The van der Waals surface area contributed by atoms with Crippen LogP contribution in [0.1, 0.15) is 30.9 Å². The quantitative estimate of drug-likeness (QED) is 0.844. The van der Waals surface area contributed by atoms with E-state index in [4.69, 9.17) is 4.74 Å². The Hall–Kier alpha value is -1.95. The zero-order chi connectivity index (χ0) is 15.5. The van der Waals surface area contributed by atoms with Crippen LogP contribution in [0.3, 0.4) is 0 Å². The highest BCUT2D eigenvalue weighted by Crippen LogP contribution is 2.21. The lowest BCUT2D eigenvalue weighted by Crippen LogP contribution is -2.37. The summed E-state index contributed by atoms with van der Waals surface area (Å²) in [7, 11) is 0. The highest BCUT2D eigenvalue weighted by atomic mass is 16.5. The Morgan fingerprint density at radius 3 is 2.96 bits per heavy atom. The second kappa shape index (κ2) is 6.66. The highest BCUT2D eigenvalue weighted by Gasteiger charge is 2.24. The Morgan fingerprint density at radius 1 is 1.13 bits per heavy atom. The predicted molar refractivity (Wildman–Crippen MR) is 86.1 cm³/mol. The van der Waals surface area contributed by atoms with E-state index in [-0.39, 0.29) is 0 Å². The van der Waals surface area contributed by atoms with E-state index in [0.717, 1.165) is 56.6 Å². The molecular formula is C17H23N5O. The number of pyridine rings is 1. The number of hydrogen-bond donors (Lipinski definition) is 0. The smallest absolute Gasteiger partial charge is 0.147 e. The fourth-order valence-electron chi connectivity index (χ4n) is 3.61. The molecule has 1 atom stereocenters. The summed E-state index contributed by atoms with van der Waals surface area (Å²) >= 11 is 0. The van der Waals surface area contributed by atoms with Gasteiger partial charge in [0.15, 0.2) is 0 Å². The molecule has 23 heavy (non-hydrogen) atoms. The maximum atomic E-state index is 5.90. The van der Waals surface area contributed by atoms with Gasteiger partial charge in [-0.05, 0) is 37.9 Å². The number of aromatic nitrogens is 4. The zero-order valence-corrected chi connectivity index (χ0v) is 13.4. The predicted octanol–water partition coefficient (Wildman–Crippen LogP) is 1.91. The number of piperidine rings is 1. The van der Waals surface area contributed by atoms with Crippen molar-refractivity contribution in [1.29, 1.82) is 0 Å². The first-order valence-corrected chi connectivity index (χ1v) is 8.54. The second-order valence-electron chi connectivity index (χ2n) is 6.52. The molecule has 0 N–H and O–H groups in total. The lowest BCUT2D eigenvalue weighted by Gasteiger charge is -2.32. The number of ether oxygens (including phenoxy) is 1. The lowest BCUT2D eigenvalue weighted by molar-refractivity contribution is 0.122. The van der Waals surface area contributed by atoms with Crippen LogP contribution in [0.25, 0.3) is 0 Å². The molecule has 2 aromatic heterocycles. The molecule has 4 rings (SSSR count). The van der Waals surface area contributed by atoms with Crippen molar-refractivity contribution >= 4 is 0 Å². The van der Waals surface area contributed by atoms with Gasteiger partial charge in [0.25, 0.3) is 0 Å². The molecule has 2 aromatic rings. The van der Waals surface area contributed by atoms with Crippen LogP contribution in [0.5, 0.6) is 5.75 Å². The van der Waals surface area contributed by atoms with Gasteiger partial charge in [-0.15, -0.1) is 10.2 Å². The van der Waals surface area contributed by atoms with E-state index in [1.165, 1.54) is 19.3 Å². The van der Waals surface area contributed by atoms with Crippen LogP contribution in [0, 0.1) is 5.92 Å². The third-order valence-corrected chi connectivity index (χ3v) is 4.79. The molecule has 0 amide bonds. The third-order valence-electron chi connectivity index (χ3n) is 4.79. The van der Waals surface area contributed by atoms with E-state index in [2.05, 4.69) is 24.6 Å². The minimum absolute atomic E-state index is 0.581. The van der Waals surface area contributed by atoms with Crippen LogP contribution in [0.4, 0.5) is 0 Å². The normalized spacial score (nSPS) is 21.3. The Bertz CT molecular complexity index is 642. The van der Waals surface area contributed by atoms with Crippen LogP contribution < -0.4 is 4.74 Å². The van der Waals surface area contributed by atoms with Crippen molar-refractivity contribution in [3.63, 3.8) is 0 Å². The van der Waals surface area contributed by atoms with E-state index in [0.29, 0.717) is 5.92 Å². The summed E-state index contributed by atoms with van der Waals surface area (Å²) in [5.74, 6) is 3.79. The van der Waals surface area contributed by atoms with Crippen molar-refractivity contribution in [3.05, 3.63) is 36.2 Å². The van der Waals surface area contributed by atoms with Crippen LogP contribution >= 0.6 is 0 Å². The molecule has 122 valence electrons. The van der Waals surface area contributed by atoms with Crippen LogP contribution in [-0.2, 0) is 19.5 Å². The lowest BCUT2D eigenvalue weighted by atomic mass is 9.99. The average molecular weight is 313 g/mol. The molecule has 2 aliphatic heterocycles. The molecular weight excluding hydrogens is 290 g/mol. The van der Waals surface area contributed by atoms with Crippen molar-refractivity contribution in [1.82, 2.24) is 24.6 Å². The number of likely N-dealkylation sites (tertiary alicyclic amines) is 1. The van der Waals surface area contributed by atoms with Gasteiger partial charge in [0.05, 0.1) is 13.2 Å². The summed E-state index contributed by atoms with van der Waals surface area (Å²) in [6.07, 6.45) is 8.29. The Kier molecular flexibility index (Phi) is 4.24. The maximum Gasteiger partial charge on any atom is 0.147 e. The van der Waals surface area contributed by atoms with Gasteiger partial charge in [0.1, 0.15) is 17.4 Å². The molecule has 0 aromatic carbocycles. The van der Waals surface area contributed by atoms with E-state index < -0.39 is 0 Å². The van der Waals surface area contributed by atoms with Gasteiger partial charge >= 0.3 is 0 Å². The van der Waals surface area contributed by atoms with Crippen molar-refractivity contribution in [3.8, 4) is 5.75 Å². The molecule has 0 spiro atoms. The van der Waals surface area contributed by atoms with E-state index in [9.17, 15) is 0 Å². The topological polar surface area (TPSA) is 56.1 Å². The molecule has 6 heteroatoms. The monoisotopic (exact) mass is 313 g/mol. The largest absolute Gasteiger partial charge is 0.493 e. The van der Waals surface area contributed by atoms with Crippen molar-refractivity contribution in [2.24, 2.45) is 5.92 Å². The molecule has 6 nitrogen and oxygen atoms in total. The van der Waals surface area contributed by atoms with E-state index >= 15 is 0 Å². The molecule has 0 saturated carbocycles. The number of rotatable bonds is 5. The van der Waals surface area contributed by atoms with Gasteiger partial charge in [0, 0.05) is 37.8 Å². The third kappa shape index (κ3) is 3.37. The first-order valence-electron chi connectivity index (χ1n) is 8.54. The summed E-state index contributed by atoms with van der Waals surface area (Å²) < 4.78 is 8.21. The second-order valence-corrected chi connectivity index (χ2v) is 6.52. The van der Waals surface area contributed by atoms with Crippen molar-refractivity contribution in [2.75, 3.05) is 19.7 Å². The first-order chi connectivity index (χ1) is 11.4. The SMILES string of the molecule is c1cc(OCC2CCCN(Cc3nnc4n3CCC4)C2)ccn1.